The van der Waals surface area contributed by atoms with Crippen molar-refractivity contribution in [1.82, 2.24) is 4.68 Å². The second-order valence-electron chi connectivity index (χ2n) is 2.12. The predicted octanol–water partition coefficient (Wildman–Crippen LogP) is -1.11. The summed E-state index contributed by atoms with van der Waals surface area (Å²) >= 11 is 0.781. The monoisotopic (exact) mass is 201 g/mol. The van der Waals surface area contributed by atoms with Gasteiger partial charge in [0.15, 0.2) is 0 Å². The number of hydrogen-bond donors (Lipinski definition) is 2. The van der Waals surface area contributed by atoms with Crippen LogP contribution >= 0.6 is 11.3 Å². The molecule has 7 heteroatoms. The van der Waals surface area contributed by atoms with Crippen molar-refractivity contribution in [2.45, 2.75) is 0 Å². The minimum absolute atomic E-state index is 0.0687. The fraction of sp³-hybridized carbons (Fsp3) is 0.167. The van der Waals surface area contributed by atoms with Crippen LogP contribution in [-0.4, -0.2) is 17.8 Å². The molecular weight excluding hydrogens is 194 g/mol. The van der Waals surface area contributed by atoms with Crippen LogP contribution in [0.25, 0.3) is 0 Å². The maximum Gasteiger partial charge on any atom is 0.348 e. The first-order valence-electron chi connectivity index (χ1n) is 3.21. The van der Waals surface area contributed by atoms with Crippen LogP contribution < -0.4 is 16.2 Å². The van der Waals surface area contributed by atoms with Gasteiger partial charge < -0.3 is 10.6 Å². The Bertz CT molecular complexity index is 416. The third-order valence-electron chi connectivity index (χ3n) is 1.30. The molecule has 0 amide bonds. The number of methoxy groups -OCH3 is 1. The lowest BCUT2D eigenvalue weighted by Crippen LogP contribution is -2.37. The summed E-state index contributed by atoms with van der Waals surface area (Å²) in [7, 11) is 1.20. The lowest BCUT2D eigenvalue weighted by Gasteiger charge is -1.99. The zero-order chi connectivity index (χ0) is 10.0. The number of nitrogens with one attached hydrogen (secondary N) is 1. The number of esters is 1. The van der Waals surface area contributed by atoms with Gasteiger partial charge in [-0.2, -0.15) is 4.68 Å². The molecule has 70 valence electrons. The first kappa shape index (κ1) is 9.46. The SMILES string of the molecule is COC(=O)c1cc(=O)n(N)c(=N)s1. The van der Waals surface area contributed by atoms with E-state index in [1.807, 2.05) is 0 Å². The van der Waals surface area contributed by atoms with E-state index in [4.69, 9.17) is 11.3 Å². The van der Waals surface area contributed by atoms with Gasteiger partial charge in [0.1, 0.15) is 4.88 Å². The van der Waals surface area contributed by atoms with Crippen LogP contribution in [0.5, 0.6) is 0 Å². The Morgan fingerprint density at radius 1 is 1.77 bits per heavy atom. The number of carbonyl (C=O) groups excluding carboxylic acids is 1. The van der Waals surface area contributed by atoms with Gasteiger partial charge in [0.05, 0.1) is 7.11 Å². The van der Waals surface area contributed by atoms with Gasteiger partial charge in [0, 0.05) is 6.07 Å². The molecule has 1 aromatic heterocycles. The molecule has 1 rings (SSSR count). The first-order chi connectivity index (χ1) is 6.06. The molecule has 0 unspecified atom stereocenters. The molecule has 0 atom stereocenters. The molecule has 6 nitrogen and oxygen atoms in total. The molecular formula is C6H7N3O3S. The van der Waals surface area contributed by atoms with Crippen molar-refractivity contribution in [3.8, 4) is 0 Å². The summed E-state index contributed by atoms with van der Waals surface area (Å²) in [6, 6.07) is 1.04. The van der Waals surface area contributed by atoms with Crippen LogP contribution in [0.1, 0.15) is 9.67 Å². The van der Waals surface area contributed by atoms with E-state index < -0.39 is 11.5 Å². The zero-order valence-electron chi connectivity index (χ0n) is 6.73. The Kier molecular flexibility index (Phi) is 2.47. The summed E-state index contributed by atoms with van der Waals surface area (Å²) in [5.41, 5.74) is -0.607. The predicted molar refractivity (Wildman–Crippen MR) is 45.9 cm³/mol. The standard InChI is InChI=1S/C6H7N3O3S/c1-12-5(11)3-2-4(10)9(8)6(7)13-3/h2,7H,8H2,1H3. The van der Waals surface area contributed by atoms with Gasteiger partial charge in [-0.3, -0.25) is 10.2 Å². The largest absolute Gasteiger partial charge is 0.465 e. The number of carbonyl (C=O) groups is 1. The van der Waals surface area contributed by atoms with E-state index in [1.54, 1.807) is 0 Å². The molecule has 1 aromatic rings. The Hall–Kier alpha value is -1.63. The lowest BCUT2D eigenvalue weighted by molar-refractivity contribution is 0.0606. The molecule has 0 saturated carbocycles. The highest BCUT2D eigenvalue weighted by molar-refractivity contribution is 7.10. The van der Waals surface area contributed by atoms with Gasteiger partial charge in [-0.05, 0) is 0 Å². The lowest BCUT2D eigenvalue weighted by atomic mass is 10.5. The van der Waals surface area contributed by atoms with E-state index in [9.17, 15) is 9.59 Å². The molecule has 0 aliphatic heterocycles. The number of ether oxygens (including phenoxy) is 1. The summed E-state index contributed by atoms with van der Waals surface area (Å²) < 4.78 is 5.04. The number of nitrogen functional groups attached to an aromatic ring is 1. The highest BCUT2D eigenvalue weighted by Crippen LogP contribution is 1.99. The molecule has 0 fully saturated rings. The van der Waals surface area contributed by atoms with Crippen molar-refractivity contribution in [3.05, 3.63) is 26.1 Å². The minimum Gasteiger partial charge on any atom is -0.465 e. The van der Waals surface area contributed by atoms with Crippen LogP contribution in [0.2, 0.25) is 0 Å². The fourth-order valence-corrected chi connectivity index (χ4v) is 1.39. The van der Waals surface area contributed by atoms with E-state index >= 15 is 0 Å². The number of nitrogens with two attached hydrogens (primary N) is 1. The molecule has 0 bridgehead atoms. The minimum atomic E-state index is -0.642. The van der Waals surface area contributed by atoms with Crippen molar-refractivity contribution in [3.63, 3.8) is 0 Å². The molecule has 0 radical (unpaired) electrons. The van der Waals surface area contributed by atoms with Gasteiger partial charge in [0.2, 0.25) is 4.80 Å². The summed E-state index contributed by atoms with van der Waals surface area (Å²) in [4.78, 5) is 21.8. The molecule has 1 heterocycles. The Labute approximate surface area is 76.7 Å². The van der Waals surface area contributed by atoms with Crippen LogP contribution in [0.15, 0.2) is 10.9 Å². The third kappa shape index (κ3) is 1.75. The van der Waals surface area contributed by atoms with E-state index in [2.05, 4.69) is 4.74 Å². The van der Waals surface area contributed by atoms with Gasteiger partial charge in [0.25, 0.3) is 5.56 Å². The maximum atomic E-state index is 11.0. The van der Waals surface area contributed by atoms with Crippen molar-refractivity contribution >= 4 is 17.3 Å². The molecule has 0 aromatic carbocycles. The quantitative estimate of drug-likeness (QED) is 0.444. The number of hydrogen-bond acceptors (Lipinski definition) is 6. The zero-order valence-corrected chi connectivity index (χ0v) is 7.55. The molecule has 0 saturated heterocycles. The second kappa shape index (κ2) is 3.40. The highest BCUT2D eigenvalue weighted by atomic mass is 32.1. The summed E-state index contributed by atoms with van der Waals surface area (Å²) in [5.74, 6) is 4.52. The Morgan fingerprint density at radius 2 is 2.38 bits per heavy atom. The van der Waals surface area contributed by atoms with E-state index in [1.165, 1.54) is 7.11 Å². The van der Waals surface area contributed by atoms with E-state index in [0.717, 1.165) is 17.4 Å². The molecule has 13 heavy (non-hydrogen) atoms. The average molecular weight is 201 g/mol. The van der Waals surface area contributed by atoms with Gasteiger partial charge in [-0.1, -0.05) is 11.3 Å². The van der Waals surface area contributed by atoms with E-state index in [-0.39, 0.29) is 9.68 Å². The van der Waals surface area contributed by atoms with Gasteiger partial charge in [-0.25, -0.2) is 4.79 Å². The molecule has 3 N–H and O–H groups in total. The van der Waals surface area contributed by atoms with Gasteiger partial charge in [-0.15, -0.1) is 0 Å². The Balaban J connectivity index is 3.38. The summed E-state index contributed by atoms with van der Waals surface area (Å²) in [5, 5.41) is 7.22. The smallest absolute Gasteiger partial charge is 0.348 e. The van der Waals surface area contributed by atoms with Crippen LogP contribution in [0.3, 0.4) is 0 Å². The maximum absolute atomic E-state index is 11.0. The number of rotatable bonds is 1. The molecule has 0 spiro atoms. The van der Waals surface area contributed by atoms with E-state index in [0.29, 0.717) is 4.68 Å². The van der Waals surface area contributed by atoms with Crippen LogP contribution in [-0.2, 0) is 4.74 Å². The first-order valence-corrected chi connectivity index (χ1v) is 4.03. The third-order valence-corrected chi connectivity index (χ3v) is 2.20. The van der Waals surface area contributed by atoms with Crippen LogP contribution in [0, 0.1) is 5.41 Å². The number of aromatic nitrogens is 1. The summed E-state index contributed by atoms with van der Waals surface area (Å²) in [6.45, 7) is 0. The summed E-state index contributed by atoms with van der Waals surface area (Å²) in [6.07, 6.45) is 0. The number of nitrogens with zero attached hydrogens (tertiary/aromatic N) is 1. The Morgan fingerprint density at radius 3 is 2.85 bits per heavy atom. The van der Waals surface area contributed by atoms with Crippen molar-refractivity contribution < 1.29 is 9.53 Å². The molecule has 0 aliphatic rings. The van der Waals surface area contributed by atoms with Crippen molar-refractivity contribution in [2.75, 3.05) is 13.0 Å². The van der Waals surface area contributed by atoms with Gasteiger partial charge >= 0.3 is 5.97 Å². The highest BCUT2D eigenvalue weighted by Gasteiger charge is 2.08. The fourth-order valence-electron chi connectivity index (χ4n) is 0.666. The van der Waals surface area contributed by atoms with Crippen LogP contribution in [0.4, 0.5) is 0 Å². The van der Waals surface area contributed by atoms with Crippen molar-refractivity contribution in [2.24, 2.45) is 0 Å². The van der Waals surface area contributed by atoms with Crippen molar-refractivity contribution in [1.29, 1.82) is 5.41 Å². The topological polar surface area (TPSA) is 98.2 Å². The second-order valence-corrected chi connectivity index (χ2v) is 3.15. The normalized spacial score (nSPS) is 9.62. The average Bonchev–Trinajstić information content (AvgIpc) is 2.12. The molecule has 0 aliphatic carbocycles.